The standard InChI is InChI=1S/C15H20BrN3/c1-19(13-4-2-3-5-13)9-8-18-15-7-6-12(11-17)10-14(15)16/h6-7,10,13,18H,2-5,8-9H2,1H3. The van der Waals surface area contributed by atoms with Gasteiger partial charge in [-0.2, -0.15) is 5.26 Å². The van der Waals surface area contributed by atoms with Gasteiger partial charge >= 0.3 is 0 Å². The number of anilines is 1. The fourth-order valence-corrected chi connectivity index (χ4v) is 3.14. The Labute approximate surface area is 123 Å². The van der Waals surface area contributed by atoms with E-state index in [1.165, 1.54) is 25.7 Å². The molecule has 0 bridgehead atoms. The summed E-state index contributed by atoms with van der Waals surface area (Å²) in [4.78, 5) is 2.46. The third kappa shape index (κ3) is 3.95. The van der Waals surface area contributed by atoms with E-state index in [4.69, 9.17) is 5.26 Å². The molecule has 3 nitrogen and oxygen atoms in total. The summed E-state index contributed by atoms with van der Waals surface area (Å²) in [6, 6.07) is 8.56. The van der Waals surface area contributed by atoms with Crippen LogP contribution in [0.25, 0.3) is 0 Å². The largest absolute Gasteiger partial charge is 0.383 e. The third-order valence-electron chi connectivity index (χ3n) is 3.83. The Hall–Kier alpha value is -1.05. The molecular weight excluding hydrogens is 302 g/mol. The van der Waals surface area contributed by atoms with E-state index in [-0.39, 0.29) is 0 Å². The zero-order valence-corrected chi connectivity index (χ0v) is 12.9. The van der Waals surface area contributed by atoms with Gasteiger partial charge < -0.3 is 10.2 Å². The summed E-state index contributed by atoms with van der Waals surface area (Å²) in [6.07, 6.45) is 5.45. The van der Waals surface area contributed by atoms with Gasteiger partial charge in [-0.3, -0.25) is 0 Å². The second-order valence-corrected chi connectivity index (χ2v) is 6.01. The average molecular weight is 322 g/mol. The summed E-state index contributed by atoms with van der Waals surface area (Å²) in [5.41, 5.74) is 1.74. The van der Waals surface area contributed by atoms with Gasteiger partial charge in [-0.05, 0) is 54.0 Å². The number of halogens is 1. The molecule has 4 heteroatoms. The van der Waals surface area contributed by atoms with Crippen molar-refractivity contribution < 1.29 is 0 Å². The molecule has 1 aliphatic rings. The number of nitrogens with one attached hydrogen (secondary N) is 1. The van der Waals surface area contributed by atoms with E-state index in [0.29, 0.717) is 5.56 Å². The Balaban J connectivity index is 1.80. The van der Waals surface area contributed by atoms with Gasteiger partial charge in [0.2, 0.25) is 0 Å². The second kappa shape index (κ2) is 6.93. The number of rotatable bonds is 5. The van der Waals surface area contributed by atoms with Gasteiger partial charge in [-0.15, -0.1) is 0 Å². The van der Waals surface area contributed by atoms with Crippen LogP contribution < -0.4 is 5.32 Å². The molecular formula is C15H20BrN3. The number of nitrogens with zero attached hydrogens (tertiary/aromatic N) is 2. The predicted octanol–water partition coefficient (Wildman–Crippen LogP) is 3.61. The van der Waals surface area contributed by atoms with E-state index < -0.39 is 0 Å². The van der Waals surface area contributed by atoms with Gasteiger partial charge in [-0.25, -0.2) is 0 Å². The lowest BCUT2D eigenvalue weighted by molar-refractivity contribution is 0.254. The number of likely N-dealkylation sites (N-methyl/N-ethyl adjacent to an activating group) is 1. The molecule has 2 rings (SSSR count). The highest BCUT2D eigenvalue weighted by atomic mass is 79.9. The molecule has 0 spiro atoms. The van der Waals surface area contributed by atoms with Gasteiger partial charge in [0, 0.05) is 29.3 Å². The van der Waals surface area contributed by atoms with Crippen molar-refractivity contribution in [3.63, 3.8) is 0 Å². The lowest BCUT2D eigenvalue weighted by atomic mass is 10.2. The quantitative estimate of drug-likeness (QED) is 0.900. The van der Waals surface area contributed by atoms with Crippen molar-refractivity contribution in [3.05, 3.63) is 28.2 Å². The minimum atomic E-state index is 0.681. The first-order valence-corrected chi connectivity index (χ1v) is 7.64. The summed E-state index contributed by atoms with van der Waals surface area (Å²) in [5, 5.41) is 12.2. The van der Waals surface area contributed by atoms with Crippen molar-refractivity contribution in [2.24, 2.45) is 0 Å². The molecule has 0 radical (unpaired) electrons. The zero-order chi connectivity index (χ0) is 13.7. The highest BCUT2D eigenvalue weighted by Gasteiger charge is 2.18. The van der Waals surface area contributed by atoms with Crippen LogP contribution in [0.4, 0.5) is 5.69 Å². The van der Waals surface area contributed by atoms with Crippen molar-refractivity contribution in [1.29, 1.82) is 5.26 Å². The summed E-state index contributed by atoms with van der Waals surface area (Å²) < 4.78 is 0.954. The molecule has 102 valence electrons. The molecule has 0 aliphatic heterocycles. The molecule has 0 unspecified atom stereocenters. The molecule has 1 aromatic rings. The maximum absolute atomic E-state index is 8.83. The normalized spacial score (nSPS) is 15.7. The SMILES string of the molecule is CN(CCNc1ccc(C#N)cc1Br)C1CCCC1. The summed E-state index contributed by atoms with van der Waals surface area (Å²) in [5.74, 6) is 0. The summed E-state index contributed by atoms with van der Waals surface area (Å²) in [7, 11) is 2.21. The summed E-state index contributed by atoms with van der Waals surface area (Å²) in [6.45, 7) is 1.98. The molecule has 1 aliphatic carbocycles. The first-order chi connectivity index (χ1) is 9.20. The van der Waals surface area contributed by atoms with Crippen molar-refractivity contribution in [3.8, 4) is 6.07 Å². The van der Waals surface area contributed by atoms with E-state index in [9.17, 15) is 0 Å². The van der Waals surface area contributed by atoms with Crippen LogP contribution in [0.5, 0.6) is 0 Å². The van der Waals surface area contributed by atoms with Crippen LogP contribution in [-0.4, -0.2) is 31.1 Å². The van der Waals surface area contributed by atoms with Crippen molar-refractivity contribution >= 4 is 21.6 Å². The van der Waals surface area contributed by atoms with Crippen molar-refractivity contribution in [2.45, 2.75) is 31.7 Å². The van der Waals surface area contributed by atoms with E-state index in [0.717, 1.165) is 29.3 Å². The molecule has 0 atom stereocenters. The Morgan fingerprint density at radius 1 is 1.42 bits per heavy atom. The molecule has 0 amide bonds. The monoisotopic (exact) mass is 321 g/mol. The van der Waals surface area contributed by atoms with Gasteiger partial charge in [0.15, 0.2) is 0 Å². The Morgan fingerprint density at radius 3 is 2.79 bits per heavy atom. The van der Waals surface area contributed by atoms with Gasteiger partial charge in [-0.1, -0.05) is 12.8 Å². The molecule has 1 saturated carbocycles. The highest BCUT2D eigenvalue weighted by molar-refractivity contribution is 9.10. The van der Waals surface area contributed by atoms with Crippen LogP contribution in [0, 0.1) is 11.3 Å². The lowest BCUT2D eigenvalue weighted by Crippen LogP contribution is -2.33. The molecule has 0 aromatic heterocycles. The van der Waals surface area contributed by atoms with Crippen LogP contribution in [0.15, 0.2) is 22.7 Å². The summed E-state index contributed by atoms with van der Waals surface area (Å²) >= 11 is 3.49. The number of hydrogen-bond acceptors (Lipinski definition) is 3. The Morgan fingerprint density at radius 2 is 2.16 bits per heavy atom. The smallest absolute Gasteiger partial charge is 0.0992 e. The molecule has 0 saturated heterocycles. The van der Waals surface area contributed by atoms with Gasteiger partial charge in [0.1, 0.15) is 0 Å². The van der Waals surface area contributed by atoms with Crippen LogP contribution in [-0.2, 0) is 0 Å². The first kappa shape index (κ1) is 14.4. The number of benzene rings is 1. The predicted molar refractivity (Wildman–Crippen MR) is 82.2 cm³/mol. The van der Waals surface area contributed by atoms with Crippen molar-refractivity contribution in [2.75, 3.05) is 25.5 Å². The fraction of sp³-hybridized carbons (Fsp3) is 0.533. The average Bonchev–Trinajstić information content (AvgIpc) is 2.94. The van der Waals surface area contributed by atoms with Crippen LogP contribution in [0.2, 0.25) is 0 Å². The molecule has 0 heterocycles. The minimum Gasteiger partial charge on any atom is -0.383 e. The second-order valence-electron chi connectivity index (χ2n) is 5.15. The fourth-order valence-electron chi connectivity index (χ4n) is 2.62. The zero-order valence-electron chi connectivity index (χ0n) is 11.3. The van der Waals surface area contributed by atoms with E-state index >= 15 is 0 Å². The Kier molecular flexibility index (Phi) is 5.24. The Bertz CT molecular complexity index is 461. The van der Waals surface area contributed by atoms with Crippen molar-refractivity contribution in [1.82, 2.24) is 4.90 Å². The lowest BCUT2D eigenvalue weighted by Gasteiger charge is -2.24. The number of nitriles is 1. The molecule has 19 heavy (non-hydrogen) atoms. The number of hydrogen-bond donors (Lipinski definition) is 1. The maximum atomic E-state index is 8.83. The van der Waals surface area contributed by atoms with Crippen LogP contribution in [0.3, 0.4) is 0 Å². The van der Waals surface area contributed by atoms with Crippen LogP contribution in [0.1, 0.15) is 31.2 Å². The topological polar surface area (TPSA) is 39.1 Å². The first-order valence-electron chi connectivity index (χ1n) is 6.84. The maximum Gasteiger partial charge on any atom is 0.0992 e. The van der Waals surface area contributed by atoms with E-state index in [2.05, 4.69) is 39.3 Å². The van der Waals surface area contributed by atoms with Crippen LogP contribution >= 0.6 is 15.9 Å². The minimum absolute atomic E-state index is 0.681. The molecule has 1 N–H and O–H groups in total. The molecule has 1 fully saturated rings. The molecule has 1 aromatic carbocycles. The van der Waals surface area contributed by atoms with E-state index in [1.807, 2.05) is 18.2 Å². The third-order valence-corrected chi connectivity index (χ3v) is 4.48. The van der Waals surface area contributed by atoms with Gasteiger partial charge in [0.05, 0.1) is 11.6 Å². The highest BCUT2D eigenvalue weighted by Crippen LogP contribution is 2.24. The van der Waals surface area contributed by atoms with Gasteiger partial charge in [0.25, 0.3) is 0 Å². The van der Waals surface area contributed by atoms with E-state index in [1.54, 1.807) is 0 Å².